The molecule has 0 aliphatic carbocycles. The molecule has 0 atom stereocenters. The lowest BCUT2D eigenvalue weighted by Gasteiger charge is -2.23. The van der Waals surface area contributed by atoms with Gasteiger partial charge in [0.15, 0.2) is 0 Å². The van der Waals surface area contributed by atoms with Crippen molar-refractivity contribution in [1.82, 2.24) is 0 Å². The maximum absolute atomic E-state index is 11.6. The van der Waals surface area contributed by atoms with Crippen LogP contribution in [0.5, 0.6) is 0 Å². The van der Waals surface area contributed by atoms with Crippen LogP contribution in [0.3, 0.4) is 0 Å². The minimum atomic E-state index is -1.20. The van der Waals surface area contributed by atoms with Crippen LogP contribution in [0, 0.1) is 5.92 Å². The lowest BCUT2D eigenvalue weighted by molar-refractivity contribution is -0.178. The van der Waals surface area contributed by atoms with Gasteiger partial charge in [-0.15, -0.1) is 0 Å². The molecular weight excluding hydrogens is 208 g/mol. The Morgan fingerprint density at radius 1 is 1.19 bits per heavy atom. The van der Waals surface area contributed by atoms with E-state index in [1.807, 2.05) is 0 Å². The molecule has 0 aromatic heterocycles. The van der Waals surface area contributed by atoms with Crippen LogP contribution in [0.4, 0.5) is 0 Å². The largest absolute Gasteiger partial charge is 0.462 e. The van der Waals surface area contributed by atoms with Gasteiger partial charge in [0.25, 0.3) is 0 Å². The highest BCUT2D eigenvalue weighted by atomic mass is 16.6. The summed E-state index contributed by atoms with van der Waals surface area (Å²) in [7, 11) is 0. The van der Waals surface area contributed by atoms with Crippen LogP contribution < -0.4 is 0 Å². The summed E-state index contributed by atoms with van der Waals surface area (Å²) >= 11 is 0. The van der Waals surface area contributed by atoms with Gasteiger partial charge < -0.3 is 9.47 Å². The van der Waals surface area contributed by atoms with Crippen LogP contribution in [-0.2, 0) is 19.1 Å². The summed E-state index contributed by atoms with van der Waals surface area (Å²) in [6.07, 6.45) is 1.94. The van der Waals surface area contributed by atoms with Gasteiger partial charge in [0, 0.05) is 6.92 Å². The molecule has 0 amide bonds. The van der Waals surface area contributed by atoms with Crippen molar-refractivity contribution in [2.45, 2.75) is 53.1 Å². The van der Waals surface area contributed by atoms with Crippen LogP contribution >= 0.6 is 0 Å². The quantitative estimate of drug-likeness (QED) is 0.657. The number of hydrogen-bond acceptors (Lipinski definition) is 4. The molecule has 0 spiro atoms. The Bertz CT molecular complexity index is 241. The van der Waals surface area contributed by atoms with E-state index in [0.29, 0.717) is 12.5 Å². The monoisotopic (exact) mass is 230 g/mol. The number of hydrogen-bond donors (Lipinski definition) is 0. The number of carbonyl (C=O) groups is 2. The van der Waals surface area contributed by atoms with Gasteiger partial charge in [-0.1, -0.05) is 26.7 Å². The molecule has 0 fully saturated rings. The molecule has 0 radical (unpaired) electrons. The lowest BCUT2D eigenvalue weighted by atomic mass is 10.1. The Kier molecular flexibility index (Phi) is 6.08. The van der Waals surface area contributed by atoms with Gasteiger partial charge in [0.05, 0.1) is 6.61 Å². The van der Waals surface area contributed by atoms with E-state index in [4.69, 9.17) is 9.47 Å². The van der Waals surface area contributed by atoms with Crippen LogP contribution in [-0.4, -0.2) is 24.1 Å². The van der Waals surface area contributed by atoms with E-state index in [0.717, 1.165) is 12.8 Å². The molecule has 4 heteroatoms. The summed E-state index contributed by atoms with van der Waals surface area (Å²) in [4.78, 5) is 22.4. The molecule has 0 bridgehead atoms. The number of esters is 2. The van der Waals surface area contributed by atoms with E-state index in [2.05, 4.69) is 13.8 Å². The molecule has 0 unspecified atom stereocenters. The van der Waals surface area contributed by atoms with Crippen molar-refractivity contribution in [2.75, 3.05) is 6.61 Å². The topological polar surface area (TPSA) is 52.6 Å². The number of ether oxygens (including phenoxy) is 2. The normalized spacial score (nSPS) is 11.4. The second-order valence-corrected chi connectivity index (χ2v) is 4.38. The molecule has 0 N–H and O–H groups in total. The molecule has 4 nitrogen and oxygen atoms in total. The molecule has 0 heterocycles. The van der Waals surface area contributed by atoms with E-state index in [1.54, 1.807) is 0 Å². The number of carbonyl (C=O) groups excluding carboxylic acids is 2. The van der Waals surface area contributed by atoms with Crippen molar-refractivity contribution in [2.24, 2.45) is 5.92 Å². The standard InChI is InChI=1S/C12H22O4/c1-6-10(7-2)8-15-11(14)12(4,5)16-9(3)13/h10H,6-8H2,1-5H3. The van der Waals surface area contributed by atoms with Crippen molar-refractivity contribution in [3.8, 4) is 0 Å². The lowest BCUT2D eigenvalue weighted by Crippen LogP contribution is -2.38. The third kappa shape index (κ3) is 5.14. The van der Waals surface area contributed by atoms with Crippen molar-refractivity contribution >= 4 is 11.9 Å². The van der Waals surface area contributed by atoms with E-state index in [1.165, 1.54) is 20.8 Å². The van der Waals surface area contributed by atoms with Gasteiger partial charge in [-0.2, -0.15) is 0 Å². The predicted molar refractivity (Wildman–Crippen MR) is 60.9 cm³/mol. The predicted octanol–water partition coefficient (Wildman–Crippen LogP) is 2.31. The molecule has 0 aromatic rings. The molecule has 0 aromatic carbocycles. The summed E-state index contributed by atoms with van der Waals surface area (Å²) in [6, 6.07) is 0. The molecule has 0 aliphatic heterocycles. The van der Waals surface area contributed by atoms with E-state index in [-0.39, 0.29) is 0 Å². The fourth-order valence-electron chi connectivity index (χ4n) is 1.29. The summed E-state index contributed by atoms with van der Waals surface area (Å²) in [6.45, 7) is 8.83. The fourth-order valence-corrected chi connectivity index (χ4v) is 1.29. The van der Waals surface area contributed by atoms with Gasteiger partial charge in [-0.25, -0.2) is 4.79 Å². The van der Waals surface area contributed by atoms with Crippen LogP contribution in [0.15, 0.2) is 0 Å². The highest BCUT2D eigenvalue weighted by molar-refractivity contribution is 5.82. The second kappa shape index (κ2) is 6.51. The van der Waals surface area contributed by atoms with E-state index in [9.17, 15) is 9.59 Å². The van der Waals surface area contributed by atoms with Crippen LogP contribution in [0.1, 0.15) is 47.5 Å². The van der Waals surface area contributed by atoms with Gasteiger partial charge >= 0.3 is 11.9 Å². The van der Waals surface area contributed by atoms with Crippen molar-refractivity contribution in [3.05, 3.63) is 0 Å². The molecule has 16 heavy (non-hydrogen) atoms. The summed E-state index contributed by atoms with van der Waals surface area (Å²) in [5, 5.41) is 0. The highest BCUT2D eigenvalue weighted by Crippen LogP contribution is 2.14. The molecule has 0 saturated carbocycles. The minimum Gasteiger partial charge on any atom is -0.462 e. The SMILES string of the molecule is CCC(CC)COC(=O)C(C)(C)OC(C)=O. The third-order valence-electron chi connectivity index (χ3n) is 2.50. The maximum atomic E-state index is 11.6. The van der Waals surface area contributed by atoms with Gasteiger partial charge in [0.2, 0.25) is 5.60 Å². The van der Waals surface area contributed by atoms with Crippen molar-refractivity contribution in [3.63, 3.8) is 0 Å². The third-order valence-corrected chi connectivity index (χ3v) is 2.50. The zero-order valence-corrected chi connectivity index (χ0v) is 10.8. The van der Waals surface area contributed by atoms with Crippen molar-refractivity contribution < 1.29 is 19.1 Å². The van der Waals surface area contributed by atoms with Crippen molar-refractivity contribution in [1.29, 1.82) is 0 Å². The average Bonchev–Trinajstić information content (AvgIpc) is 2.17. The van der Waals surface area contributed by atoms with E-state index < -0.39 is 17.5 Å². The minimum absolute atomic E-state index is 0.372. The Labute approximate surface area is 97.3 Å². The summed E-state index contributed by atoms with van der Waals surface area (Å²) < 4.78 is 10.0. The number of rotatable bonds is 6. The highest BCUT2D eigenvalue weighted by Gasteiger charge is 2.33. The van der Waals surface area contributed by atoms with Gasteiger partial charge in [-0.05, 0) is 19.8 Å². The first-order chi connectivity index (χ1) is 7.33. The Hall–Kier alpha value is -1.06. The Balaban J connectivity index is 4.18. The summed E-state index contributed by atoms with van der Waals surface area (Å²) in [5.41, 5.74) is -1.20. The first kappa shape index (κ1) is 14.9. The van der Waals surface area contributed by atoms with Gasteiger partial charge in [-0.3, -0.25) is 4.79 Å². The fraction of sp³-hybridized carbons (Fsp3) is 0.833. The van der Waals surface area contributed by atoms with Crippen LogP contribution in [0.25, 0.3) is 0 Å². The molecule has 0 saturated heterocycles. The zero-order chi connectivity index (χ0) is 12.8. The first-order valence-corrected chi connectivity index (χ1v) is 5.70. The molecule has 0 rings (SSSR count). The van der Waals surface area contributed by atoms with Crippen LogP contribution in [0.2, 0.25) is 0 Å². The molecule has 0 aliphatic rings. The van der Waals surface area contributed by atoms with E-state index >= 15 is 0 Å². The smallest absolute Gasteiger partial charge is 0.350 e. The average molecular weight is 230 g/mol. The Morgan fingerprint density at radius 2 is 1.69 bits per heavy atom. The summed E-state index contributed by atoms with van der Waals surface area (Å²) in [5.74, 6) is -0.601. The Morgan fingerprint density at radius 3 is 2.06 bits per heavy atom. The molecular formula is C12H22O4. The maximum Gasteiger partial charge on any atom is 0.350 e. The first-order valence-electron chi connectivity index (χ1n) is 5.70. The zero-order valence-electron chi connectivity index (χ0n) is 10.8. The van der Waals surface area contributed by atoms with Gasteiger partial charge in [0.1, 0.15) is 0 Å². The second-order valence-electron chi connectivity index (χ2n) is 4.38. The molecule has 94 valence electrons.